The first kappa shape index (κ1) is 12.6. The summed E-state index contributed by atoms with van der Waals surface area (Å²) in [6.07, 6.45) is 0. The number of benzene rings is 1. The topological polar surface area (TPSA) is 51.0 Å². The number of aryl methyl sites for hydroxylation is 1. The molecule has 0 saturated heterocycles. The Hall–Kier alpha value is -1.84. The minimum atomic E-state index is 0.190. The number of nitrogens with zero attached hydrogens (tertiary/aromatic N) is 2. The Morgan fingerprint density at radius 3 is 2.28 bits per heavy atom. The minimum absolute atomic E-state index is 0.190. The molecule has 1 aromatic carbocycles. The van der Waals surface area contributed by atoms with E-state index in [4.69, 9.17) is 4.42 Å². The molecule has 0 aliphatic rings. The van der Waals surface area contributed by atoms with Gasteiger partial charge in [0.15, 0.2) is 0 Å². The van der Waals surface area contributed by atoms with Crippen LogP contribution in [0, 0.1) is 6.92 Å². The molecule has 4 heteroatoms. The molecule has 0 spiro atoms. The lowest BCUT2D eigenvalue weighted by atomic mass is 9.87. The van der Waals surface area contributed by atoms with Gasteiger partial charge >= 0.3 is 6.01 Å². The second-order valence-corrected chi connectivity index (χ2v) is 5.43. The molecule has 1 aromatic heterocycles. The van der Waals surface area contributed by atoms with Gasteiger partial charge in [-0.25, -0.2) is 0 Å². The SMILES string of the molecule is Cc1nnc(NCc2ccc(C(C)(C)C)cc2)o1. The summed E-state index contributed by atoms with van der Waals surface area (Å²) < 4.78 is 5.25. The molecule has 2 rings (SSSR count). The van der Waals surface area contributed by atoms with Gasteiger partial charge in [-0.05, 0) is 16.5 Å². The maximum Gasteiger partial charge on any atom is 0.315 e. The maximum absolute atomic E-state index is 5.25. The fraction of sp³-hybridized carbons (Fsp3) is 0.429. The van der Waals surface area contributed by atoms with Crippen LogP contribution in [0.2, 0.25) is 0 Å². The van der Waals surface area contributed by atoms with Crippen LogP contribution in [0.5, 0.6) is 0 Å². The highest BCUT2D eigenvalue weighted by Gasteiger charge is 2.12. The zero-order valence-corrected chi connectivity index (χ0v) is 11.3. The molecule has 0 radical (unpaired) electrons. The summed E-state index contributed by atoms with van der Waals surface area (Å²) in [4.78, 5) is 0. The van der Waals surface area contributed by atoms with Crippen LogP contribution in [0.3, 0.4) is 0 Å². The summed E-state index contributed by atoms with van der Waals surface area (Å²) in [6.45, 7) is 9.09. The van der Waals surface area contributed by atoms with E-state index in [1.165, 1.54) is 11.1 Å². The van der Waals surface area contributed by atoms with Crippen molar-refractivity contribution >= 4 is 6.01 Å². The molecule has 1 N–H and O–H groups in total. The van der Waals surface area contributed by atoms with E-state index in [-0.39, 0.29) is 5.41 Å². The van der Waals surface area contributed by atoms with Gasteiger partial charge in [-0.1, -0.05) is 50.1 Å². The lowest BCUT2D eigenvalue weighted by molar-refractivity contribution is 0.530. The fourth-order valence-corrected chi connectivity index (χ4v) is 1.67. The number of hydrogen-bond acceptors (Lipinski definition) is 4. The van der Waals surface area contributed by atoms with Gasteiger partial charge in [-0.3, -0.25) is 0 Å². The van der Waals surface area contributed by atoms with Crippen LogP contribution >= 0.6 is 0 Å². The highest BCUT2D eigenvalue weighted by molar-refractivity contribution is 5.30. The van der Waals surface area contributed by atoms with Crippen molar-refractivity contribution < 1.29 is 4.42 Å². The molecule has 0 bridgehead atoms. The van der Waals surface area contributed by atoms with E-state index in [1.54, 1.807) is 6.92 Å². The predicted molar refractivity (Wildman–Crippen MR) is 71.5 cm³/mol. The number of anilines is 1. The number of hydrogen-bond donors (Lipinski definition) is 1. The molecule has 18 heavy (non-hydrogen) atoms. The van der Waals surface area contributed by atoms with Crippen LogP contribution in [0.4, 0.5) is 6.01 Å². The molecule has 0 aliphatic carbocycles. The van der Waals surface area contributed by atoms with Crippen molar-refractivity contribution in [2.75, 3.05) is 5.32 Å². The Labute approximate surface area is 107 Å². The Morgan fingerprint density at radius 1 is 1.11 bits per heavy atom. The fourth-order valence-electron chi connectivity index (χ4n) is 1.67. The number of aromatic nitrogens is 2. The van der Waals surface area contributed by atoms with Gasteiger partial charge in [0.25, 0.3) is 0 Å². The molecule has 0 unspecified atom stereocenters. The van der Waals surface area contributed by atoms with E-state index in [2.05, 4.69) is 60.6 Å². The van der Waals surface area contributed by atoms with Gasteiger partial charge in [-0.15, -0.1) is 5.10 Å². The van der Waals surface area contributed by atoms with E-state index in [1.807, 2.05) is 0 Å². The molecular weight excluding hydrogens is 226 g/mol. The third-order valence-electron chi connectivity index (χ3n) is 2.79. The van der Waals surface area contributed by atoms with Gasteiger partial charge < -0.3 is 9.73 Å². The van der Waals surface area contributed by atoms with Gasteiger partial charge in [0.1, 0.15) is 0 Å². The first-order valence-corrected chi connectivity index (χ1v) is 6.08. The second-order valence-electron chi connectivity index (χ2n) is 5.43. The lowest BCUT2D eigenvalue weighted by Crippen LogP contribution is -2.11. The van der Waals surface area contributed by atoms with Crippen LogP contribution in [0.1, 0.15) is 37.8 Å². The largest absolute Gasteiger partial charge is 0.408 e. The van der Waals surface area contributed by atoms with Gasteiger partial charge in [0, 0.05) is 13.5 Å². The first-order valence-electron chi connectivity index (χ1n) is 6.08. The lowest BCUT2D eigenvalue weighted by Gasteiger charge is -2.19. The Kier molecular flexibility index (Phi) is 3.36. The van der Waals surface area contributed by atoms with Crippen molar-refractivity contribution in [3.05, 3.63) is 41.3 Å². The Bertz CT molecular complexity index is 509. The Morgan fingerprint density at radius 2 is 1.78 bits per heavy atom. The average molecular weight is 245 g/mol. The molecule has 0 saturated carbocycles. The van der Waals surface area contributed by atoms with Crippen molar-refractivity contribution in [1.29, 1.82) is 0 Å². The third-order valence-corrected chi connectivity index (χ3v) is 2.79. The van der Waals surface area contributed by atoms with Crippen LogP contribution in [-0.4, -0.2) is 10.2 Å². The second kappa shape index (κ2) is 4.80. The van der Waals surface area contributed by atoms with Crippen molar-refractivity contribution in [1.82, 2.24) is 10.2 Å². The summed E-state index contributed by atoms with van der Waals surface area (Å²) in [5, 5.41) is 10.8. The van der Waals surface area contributed by atoms with Crippen LogP contribution in [0.25, 0.3) is 0 Å². The van der Waals surface area contributed by atoms with E-state index >= 15 is 0 Å². The standard InChI is InChI=1S/C14H19N3O/c1-10-16-17-13(18-10)15-9-11-5-7-12(8-6-11)14(2,3)4/h5-8H,9H2,1-4H3,(H,15,17). The molecule has 2 aromatic rings. The summed E-state index contributed by atoms with van der Waals surface area (Å²) in [7, 11) is 0. The molecular formula is C14H19N3O. The molecule has 0 amide bonds. The van der Waals surface area contributed by atoms with Crippen LogP contribution < -0.4 is 5.32 Å². The van der Waals surface area contributed by atoms with Crippen molar-refractivity contribution in [2.24, 2.45) is 0 Å². The highest BCUT2D eigenvalue weighted by Crippen LogP contribution is 2.22. The van der Waals surface area contributed by atoms with E-state index in [0.717, 1.165) is 0 Å². The molecule has 0 fully saturated rings. The first-order chi connectivity index (χ1) is 8.45. The normalized spacial score (nSPS) is 11.6. The zero-order valence-electron chi connectivity index (χ0n) is 11.3. The molecule has 96 valence electrons. The summed E-state index contributed by atoms with van der Waals surface area (Å²) in [5.74, 6) is 0.570. The molecule has 1 heterocycles. The summed E-state index contributed by atoms with van der Waals surface area (Å²) in [6, 6.07) is 9.03. The minimum Gasteiger partial charge on any atom is -0.408 e. The van der Waals surface area contributed by atoms with Crippen molar-refractivity contribution in [2.45, 2.75) is 39.7 Å². The number of rotatable bonds is 3. The Balaban J connectivity index is 1.98. The van der Waals surface area contributed by atoms with E-state index < -0.39 is 0 Å². The van der Waals surface area contributed by atoms with Crippen molar-refractivity contribution in [3.8, 4) is 0 Å². The molecule has 0 aliphatic heterocycles. The van der Waals surface area contributed by atoms with Crippen molar-refractivity contribution in [3.63, 3.8) is 0 Å². The predicted octanol–water partition coefficient (Wildman–Crippen LogP) is 3.29. The van der Waals surface area contributed by atoms with Gasteiger partial charge in [0.05, 0.1) is 0 Å². The monoisotopic (exact) mass is 245 g/mol. The highest BCUT2D eigenvalue weighted by atomic mass is 16.4. The summed E-state index contributed by atoms with van der Waals surface area (Å²) in [5.41, 5.74) is 2.72. The molecule has 0 atom stereocenters. The maximum atomic E-state index is 5.25. The van der Waals surface area contributed by atoms with Gasteiger partial charge in [-0.2, -0.15) is 0 Å². The van der Waals surface area contributed by atoms with Crippen LogP contribution in [0.15, 0.2) is 28.7 Å². The summed E-state index contributed by atoms with van der Waals surface area (Å²) >= 11 is 0. The number of nitrogens with one attached hydrogen (secondary N) is 1. The molecule has 4 nitrogen and oxygen atoms in total. The quantitative estimate of drug-likeness (QED) is 0.901. The third kappa shape index (κ3) is 3.09. The van der Waals surface area contributed by atoms with E-state index in [9.17, 15) is 0 Å². The zero-order chi connectivity index (χ0) is 13.2. The van der Waals surface area contributed by atoms with Gasteiger partial charge in [0.2, 0.25) is 5.89 Å². The smallest absolute Gasteiger partial charge is 0.315 e. The average Bonchev–Trinajstić information content (AvgIpc) is 2.72. The van der Waals surface area contributed by atoms with Crippen LogP contribution in [-0.2, 0) is 12.0 Å². The van der Waals surface area contributed by atoms with E-state index in [0.29, 0.717) is 18.5 Å².